The molecular weight excluding hydrogens is 349 g/mol. The lowest BCUT2D eigenvalue weighted by Crippen LogP contribution is -2.17. The molecule has 0 aliphatic carbocycles. The summed E-state index contributed by atoms with van der Waals surface area (Å²) in [6.45, 7) is 2.86. The van der Waals surface area contributed by atoms with Crippen molar-refractivity contribution in [3.05, 3.63) is 58.4 Å². The zero-order chi connectivity index (χ0) is 19.3. The van der Waals surface area contributed by atoms with Crippen LogP contribution in [0.15, 0.2) is 29.4 Å². The van der Waals surface area contributed by atoms with Crippen molar-refractivity contribution in [3.8, 4) is 0 Å². The molecule has 0 aromatic heterocycles. The molecule has 0 aliphatic rings. The summed E-state index contributed by atoms with van der Waals surface area (Å²) in [5, 5.41) is 24.1. The van der Waals surface area contributed by atoms with Crippen molar-refractivity contribution in [2.45, 2.75) is 20.0 Å². The number of aliphatic hydroxyl groups excluding tert-OH is 2. The summed E-state index contributed by atoms with van der Waals surface area (Å²) in [6.07, 6.45) is -0.150. The molecule has 3 N–H and O–H groups in total. The molecule has 0 unspecified atom stereocenters. The Labute approximate surface area is 148 Å². The minimum atomic E-state index is -1.61. The van der Waals surface area contributed by atoms with Crippen molar-refractivity contribution in [2.75, 3.05) is 18.5 Å². The highest BCUT2D eigenvalue weighted by atomic mass is 19.2. The number of halogens is 3. The Morgan fingerprint density at radius 2 is 1.92 bits per heavy atom. The second kappa shape index (κ2) is 8.68. The van der Waals surface area contributed by atoms with E-state index in [2.05, 4.69) is 10.5 Å². The zero-order valence-corrected chi connectivity index (χ0v) is 14.3. The van der Waals surface area contributed by atoms with Crippen LogP contribution >= 0.6 is 0 Å². The van der Waals surface area contributed by atoms with E-state index >= 15 is 0 Å². The quantitative estimate of drug-likeness (QED) is 0.399. The van der Waals surface area contributed by atoms with Gasteiger partial charge in [0.1, 0.15) is 12.7 Å². The van der Waals surface area contributed by atoms with E-state index < -0.39 is 30.2 Å². The van der Waals surface area contributed by atoms with E-state index in [9.17, 15) is 13.2 Å². The van der Waals surface area contributed by atoms with Crippen molar-refractivity contribution in [2.24, 2.45) is 5.16 Å². The van der Waals surface area contributed by atoms with E-state index in [1.165, 1.54) is 0 Å². The van der Waals surface area contributed by atoms with Crippen molar-refractivity contribution in [1.29, 1.82) is 0 Å². The van der Waals surface area contributed by atoms with Crippen molar-refractivity contribution in [3.63, 3.8) is 0 Å². The monoisotopic (exact) mass is 368 g/mol. The molecule has 2 aromatic rings. The number of aryl methyl sites for hydroxylation is 2. The van der Waals surface area contributed by atoms with Crippen LogP contribution in [0, 0.1) is 31.3 Å². The fourth-order valence-electron chi connectivity index (χ4n) is 2.21. The first-order valence-electron chi connectivity index (χ1n) is 7.79. The highest BCUT2D eigenvalue weighted by molar-refractivity contribution is 5.89. The number of oxime groups is 1. The minimum Gasteiger partial charge on any atom is -0.394 e. The molecule has 0 saturated carbocycles. The second-order valence-electron chi connectivity index (χ2n) is 5.76. The summed E-state index contributed by atoms with van der Waals surface area (Å²) in [6, 6.07) is 6.12. The van der Waals surface area contributed by atoms with E-state index in [-0.39, 0.29) is 17.9 Å². The van der Waals surface area contributed by atoms with Gasteiger partial charge in [-0.05, 0) is 31.5 Å². The van der Waals surface area contributed by atoms with Crippen molar-refractivity contribution >= 4 is 17.6 Å². The normalized spacial score (nSPS) is 12.4. The summed E-state index contributed by atoms with van der Waals surface area (Å²) in [5.74, 6) is -4.36. The molecule has 5 nitrogen and oxygen atoms in total. The number of nitrogens with one attached hydrogen (secondary N) is 1. The average Bonchev–Trinajstić information content (AvgIpc) is 2.61. The molecule has 0 saturated heterocycles. The first-order chi connectivity index (χ1) is 12.3. The van der Waals surface area contributed by atoms with Crippen molar-refractivity contribution in [1.82, 2.24) is 0 Å². The van der Waals surface area contributed by atoms with Gasteiger partial charge in [-0.2, -0.15) is 0 Å². The van der Waals surface area contributed by atoms with Gasteiger partial charge in [-0.15, -0.1) is 0 Å². The van der Waals surface area contributed by atoms with Gasteiger partial charge in [0, 0.05) is 11.3 Å². The van der Waals surface area contributed by atoms with Crippen LogP contribution in [0.3, 0.4) is 0 Å². The van der Waals surface area contributed by atoms with Gasteiger partial charge >= 0.3 is 0 Å². The van der Waals surface area contributed by atoms with Crippen LogP contribution in [0.4, 0.5) is 24.5 Å². The molecular formula is C18H19F3N2O3. The van der Waals surface area contributed by atoms with Gasteiger partial charge in [0.25, 0.3) is 0 Å². The van der Waals surface area contributed by atoms with Gasteiger partial charge in [-0.1, -0.05) is 22.9 Å². The van der Waals surface area contributed by atoms with Crippen LogP contribution in [0.2, 0.25) is 0 Å². The highest BCUT2D eigenvalue weighted by Gasteiger charge is 2.19. The van der Waals surface area contributed by atoms with E-state index in [0.717, 1.165) is 23.4 Å². The molecule has 26 heavy (non-hydrogen) atoms. The van der Waals surface area contributed by atoms with Gasteiger partial charge in [0.2, 0.25) is 0 Å². The smallest absolute Gasteiger partial charge is 0.196 e. The molecule has 0 radical (unpaired) electrons. The van der Waals surface area contributed by atoms with Gasteiger partial charge in [0.05, 0.1) is 18.5 Å². The summed E-state index contributed by atoms with van der Waals surface area (Å²) in [4.78, 5) is 4.74. The average molecular weight is 368 g/mol. The van der Waals surface area contributed by atoms with Crippen LogP contribution in [0.25, 0.3) is 0 Å². The number of nitrogens with zero attached hydrogens (tertiary/aromatic N) is 1. The van der Waals surface area contributed by atoms with Crippen LogP contribution in [0.5, 0.6) is 0 Å². The second-order valence-corrected chi connectivity index (χ2v) is 5.76. The first kappa shape index (κ1) is 19.7. The Kier molecular flexibility index (Phi) is 6.59. The fourth-order valence-corrected chi connectivity index (χ4v) is 2.21. The van der Waals surface area contributed by atoms with Gasteiger partial charge in [0.15, 0.2) is 17.5 Å². The molecule has 1 atom stereocenters. The van der Waals surface area contributed by atoms with Crippen LogP contribution in [-0.2, 0) is 4.84 Å². The molecule has 0 fully saturated rings. The Balaban J connectivity index is 2.34. The van der Waals surface area contributed by atoms with E-state index in [1.54, 1.807) is 19.1 Å². The van der Waals surface area contributed by atoms with Crippen LogP contribution in [-0.4, -0.2) is 35.7 Å². The molecule has 2 rings (SSSR count). The third kappa shape index (κ3) is 4.74. The van der Waals surface area contributed by atoms with Crippen molar-refractivity contribution < 1.29 is 28.2 Å². The summed E-state index contributed by atoms with van der Waals surface area (Å²) in [5.41, 5.74) is 1.92. The SMILES string of the molecule is Cc1ccc(Nc2c(/C=N/OC[C@@H](O)CO)cc(F)c(F)c2F)c(C)c1. The molecule has 0 bridgehead atoms. The Bertz CT molecular complexity index is 813. The number of hydrogen-bond donors (Lipinski definition) is 3. The maximum absolute atomic E-state index is 14.3. The Morgan fingerprint density at radius 1 is 1.19 bits per heavy atom. The first-order valence-corrected chi connectivity index (χ1v) is 7.79. The minimum absolute atomic E-state index is 0.0835. The van der Waals surface area contributed by atoms with Gasteiger partial charge < -0.3 is 20.4 Å². The molecule has 0 aliphatic heterocycles. The molecule has 0 amide bonds. The standard InChI is InChI=1S/C18H19F3N2O3/c1-10-3-4-15(11(2)5-10)23-18-12(6-14(19)16(20)17(18)21)7-22-26-9-13(25)8-24/h3-7,13,23-25H,8-9H2,1-2H3/b22-7+/t13-/m0/s1. The van der Waals surface area contributed by atoms with Crippen LogP contribution < -0.4 is 5.32 Å². The zero-order valence-electron chi connectivity index (χ0n) is 14.3. The predicted molar refractivity (Wildman–Crippen MR) is 92.2 cm³/mol. The van der Waals surface area contributed by atoms with Gasteiger partial charge in [-0.25, -0.2) is 13.2 Å². The molecule has 8 heteroatoms. The largest absolute Gasteiger partial charge is 0.394 e. The molecule has 2 aromatic carbocycles. The summed E-state index contributed by atoms with van der Waals surface area (Å²) in [7, 11) is 0. The van der Waals surface area contributed by atoms with E-state index in [4.69, 9.17) is 15.1 Å². The van der Waals surface area contributed by atoms with Crippen LogP contribution in [0.1, 0.15) is 16.7 Å². The lowest BCUT2D eigenvalue weighted by atomic mass is 10.1. The molecule has 0 heterocycles. The number of rotatable bonds is 7. The molecule has 140 valence electrons. The number of aliphatic hydroxyl groups is 2. The maximum atomic E-state index is 14.3. The lowest BCUT2D eigenvalue weighted by Gasteiger charge is -2.14. The Hall–Kier alpha value is -2.58. The third-order valence-electron chi connectivity index (χ3n) is 3.58. The lowest BCUT2D eigenvalue weighted by molar-refractivity contribution is 0.00884. The number of benzene rings is 2. The fraction of sp³-hybridized carbons (Fsp3) is 0.278. The number of anilines is 2. The van der Waals surface area contributed by atoms with E-state index in [1.807, 2.05) is 13.0 Å². The maximum Gasteiger partial charge on any atom is 0.196 e. The third-order valence-corrected chi connectivity index (χ3v) is 3.58. The molecule has 0 spiro atoms. The summed E-state index contributed by atoms with van der Waals surface area (Å²) >= 11 is 0. The Morgan fingerprint density at radius 3 is 2.58 bits per heavy atom. The summed E-state index contributed by atoms with van der Waals surface area (Å²) < 4.78 is 41.5. The predicted octanol–water partition coefficient (Wildman–Crippen LogP) is 3.17. The topological polar surface area (TPSA) is 74.1 Å². The highest BCUT2D eigenvalue weighted by Crippen LogP contribution is 2.29. The van der Waals surface area contributed by atoms with E-state index in [0.29, 0.717) is 5.69 Å². The van der Waals surface area contributed by atoms with Gasteiger partial charge in [-0.3, -0.25) is 0 Å². The number of hydrogen-bond acceptors (Lipinski definition) is 5.